The van der Waals surface area contributed by atoms with Gasteiger partial charge in [0.05, 0.1) is 22.8 Å². The summed E-state index contributed by atoms with van der Waals surface area (Å²) < 4.78 is 3.21. The first kappa shape index (κ1) is 14.3. The average molecular weight is 327 g/mol. The number of fused-ring (bicyclic) bond motifs is 2. The van der Waals surface area contributed by atoms with Gasteiger partial charge in [0.1, 0.15) is 5.82 Å². The number of amides is 1. The lowest BCUT2D eigenvalue weighted by Crippen LogP contribution is -2.45. The lowest BCUT2D eigenvalue weighted by molar-refractivity contribution is -0.121. The SMILES string of the molecule is C[C@@H](C(=O)Nc1nc2ccccc2s1)N1CCn2ccnc2C1. The monoisotopic (exact) mass is 327 g/mol. The van der Waals surface area contributed by atoms with Crippen molar-refractivity contribution in [2.75, 3.05) is 11.9 Å². The number of thiazole rings is 1. The van der Waals surface area contributed by atoms with Crippen molar-refractivity contribution >= 4 is 32.6 Å². The molecule has 0 bridgehead atoms. The molecule has 118 valence electrons. The third-order valence-corrected chi connectivity index (χ3v) is 5.18. The molecular weight excluding hydrogens is 310 g/mol. The van der Waals surface area contributed by atoms with Crippen LogP contribution in [0.3, 0.4) is 0 Å². The number of aromatic nitrogens is 3. The number of rotatable bonds is 3. The molecule has 1 atom stereocenters. The Bertz CT molecular complexity index is 822. The molecular formula is C16H17N5OS. The molecule has 0 saturated carbocycles. The van der Waals surface area contributed by atoms with Crippen molar-refractivity contribution in [3.63, 3.8) is 0 Å². The molecule has 1 aliphatic rings. The molecule has 7 heteroatoms. The number of hydrogen-bond acceptors (Lipinski definition) is 5. The molecule has 3 aromatic rings. The summed E-state index contributed by atoms with van der Waals surface area (Å²) in [6.45, 7) is 4.34. The van der Waals surface area contributed by atoms with Gasteiger partial charge in [0, 0.05) is 25.5 Å². The topological polar surface area (TPSA) is 63.1 Å². The highest BCUT2D eigenvalue weighted by Crippen LogP contribution is 2.25. The molecule has 1 aromatic carbocycles. The molecule has 6 nitrogen and oxygen atoms in total. The molecule has 1 N–H and O–H groups in total. The van der Waals surface area contributed by atoms with Crippen LogP contribution in [0.15, 0.2) is 36.7 Å². The molecule has 0 saturated heterocycles. The van der Waals surface area contributed by atoms with E-state index in [1.807, 2.05) is 43.6 Å². The first-order valence-corrected chi connectivity index (χ1v) is 8.43. The van der Waals surface area contributed by atoms with Crippen molar-refractivity contribution in [1.82, 2.24) is 19.4 Å². The van der Waals surface area contributed by atoms with Crippen molar-refractivity contribution in [2.45, 2.75) is 26.1 Å². The maximum absolute atomic E-state index is 12.5. The highest BCUT2D eigenvalue weighted by molar-refractivity contribution is 7.22. The fraction of sp³-hybridized carbons (Fsp3) is 0.312. The lowest BCUT2D eigenvalue weighted by Gasteiger charge is -2.31. The van der Waals surface area contributed by atoms with E-state index < -0.39 is 0 Å². The van der Waals surface area contributed by atoms with Crippen LogP contribution in [0.25, 0.3) is 10.2 Å². The van der Waals surface area contributed by atoms with Gasteiger partial charge in [0.2, 0.25) is 5.91 Å². The second-order valence-corrected chi connectivity index (χ2v) is 6.69. The van der Waals surface area contributed by atoms with E-state index in [0.717, 1.165) is 29.1 Å². The summed E-state index contributed by atoms with van der Waals surface area (Å²) in [6.07, 6.45) is 3.79. The number of nitrogens with zero attached hydrogens (tertiary/aromatic N) is 4. The molecule has 1 amide bonds. The van der Waals surface area contributed by atoms with Crippen molar-refractivity contribution in [1.29, 1.82) is 0 Å². The van der Waals surface area contributed by atoms with E-state index in [2.05, 4.69) is 24.8 Å². The van der Waals surface area contributed by atoms with Gasteiger partial charge in [-0.15, -0.1) is 0 Å². The zero-order valence-corrected chi connectivity index (χ0v) is 13.6. The number of carbonyl (C=O) groups is 1. The zero-order chi connectivity index (χ0) is 15.8. The molecule has 0 spiro atoms. The normalized spacial score (nSPS) is 16.2. The Kier molecular flexibility index (Phi) is 3.59. The summed E-state index contributed by atoms with van der Waals surface area (Å²) in [5.74, 6) is 0.986. The summed E-state index contributed by atoms with van der Waals surface area (Å²) in [5, 5.41) is 3.60. The smallest absolute Gasteiger partial charge is 0.243 e. The number of imidazole rings is 1. The number of nitrogens with one attached hydrogen (secondary N) is 1. The van der Waals surface area contributed by atoms with Crippen LogP contribution in [0, 0.1) is 0 Å². The lowest BCUT2D eigenvalue weighted by atomic mass is 10.2. The second-order valence-electron chi connectivity index (χ2n) is 5.66. The minimum atomic E-state index is -0.215. The van der Waals surface area contributed by atoms with Crippen molar-refractivity contribution in [3.05, 3.63) is 42.5 Å². The first-order chi connectivity index (χ1) is 11.2. The van der Waals surface area contributed by atoms with E-state index in [0.29, 0.717) is 11.7 Å². The minimum Gasteiger partial charge on any atom is -0.333 e. The van der Waals surface area contributed by atoms with Gasteiger partial charge in [-0.25, -0.2) is 9.97 Å². The van der Waals surface area contributed by atoms with E-state index in [1.165, 1.54) is 11.3 Å². The first-order valence-electron chi connectivity index (χ1n) is 7.61. The van der Waals surface area contributed by atoms with Crippen molar-refractivity contribution < 1.29 is 4.79 Å². The molecule has 0 unspecified atom stereocenters. The van der Waals surface area contributed by atoms with Gasteiger partial charge in [0.25, 0.3) is 0 Å². The highest BCUT2D eigenvalue weighted by atomic mass is 32.1. The van der Waals surface area contributed by atoms with Crippen LogP contribution in [0.2, 0.25) is 0 Å². The number of hydrogen-bond donors (Lipinski definition) is 1. The number of carbonyl (C=O) groups excluding carboxylic acids is 1. The van der Waals surface area contributed by atoms with Gasteiger partial charge >= 0.3 is 0 Å². The van der Waals surface area contributed by atoms with Crippen molar-refractivity contribution in [3.8, 4) is 0 Å². The summed E-state index contributed by atoms with van der Waals surface area (Å²) in [5.41, 5.74) is 0.917. The summed E-state index contributed by atoms with van der Waals surface area (Å²) in [4.78, 5) is 23.5. The van der Waals surface area contributed by atoms with Crippen LogP contribution in [0.5, 0.6) is 0 Å². The maximum Gasteiger partial charge on any atom is 0.243 e. The summed E-state index contributed by atoms with van der Waals surface area (Å²) in [6, 6.07) is 7.68. The van der Waals surface area contributed by atoms with Crippen LogP contribution < -0.4 is 5.32 Å². The van der Waals surface area contributed by atoms with Crippen molar-refractivity contribution in [2.24, 2.45) is 0 Å². The number of anilines is 1. The summed E-state index contributed by atoms with van der Waals surface area (Å²) >= 11 is 1.50. The van der Waals surface area contributed by atoms with E-state index in [-0.39, 0.29) is 11.9 Å². The molecule has 3 heterocycles. The average Bonchev–Trinajstić information content (AvgIpc) is 3.18. The standard InChI is InChI=1S/C16H17N5OS/c1-11(21-9-8-20-7-6-17-14(20)10-21)15(22)19-16-18-12-4-2-3-5-13(12)23-16/h2-7,11H,8-10H2,1H3,(H,18,19,22)/t11-/m0/s1. The second kappa shape index (κ2) is 5.75. The highest BCUT2D eigenvalue weighted by Gasteiger charge is 2.26. The Labute approximate surface area is 137 Å². The van der Waals surface area contributed by atoms with E-state index in [4.69, 9.17) is 0 Å². The molecule has 4 rings (SSSR count). The quantitative estimate of drug-likeness (QED) is 0.802. The van der Waals surface area contributed by atoms with Gasteiger partial charge in [-0.1, -0.05) is 23.5 Å². The third kappa shape index (κ3) is 2.73. The Morgan fingerprint density at radius 2 is 2.22 bits per heavy atom. The van der Waals surface area contributed by atoms with E-state index in [1.54, 1.807) is 0 Å². The van der Waals surface area contributed by atoms with Gasteiger partial charge < -0.3 is 9.88 Å². The van der Waals surface area contributed by atoms with Crippen LogP contribution >= 0.6 is 11.3 Å². The van der Waals surface area contributed by atoms with E-state index >= 15 is 0 Å². The fourth-order valence-corrected chi connectivity index (χ4v) is 3.69. The van der Waals surface area contributed by atoms with E-state index in [9.17, 15) is 4.79 Å². The molecule has 0 radical (unpaired) electrons. The van der Waals surface area contributed by atoms with Crippen LogP contribution in [0.4, 0.5) is 5.13 Å². The largest absolute Gasteiger partial charge is 0.333 e. The predicted molar refractivity (Wildman–Crippen MR) is 90.3 cm³/mol. The van der Waals surface area contributed by atoms with Crippen LogP contribution in [0.1, 0.15) is 12.7 Å². The Morgan fingerprint density at radius 1 is 1.35 bits per heavy atom. The molecule has 1 aliphatic heterocycles. The summed E-state index contributed by atoms with van der Waals surface area (Å²) in [7, 11) is 0. The zero-order valence-electron chi connectivity index (χ0n) is 12.8. The maximum atomic E-state index is 12.5. The van der Waals surface area contributed by atoms with Gasteiger partial charge in [-0.3, -0.25) is 9.69 Å². The van der Waals surface area contributed by atoms with Crippen LogP contribution in [-0.2, 0) is 17.9 Å². The van der Waals surface area contributed by atoms with Gasteiger partial charge in [-0.2, -0.15) is 0 Å². The number of para-hydroxylation sites is 1. The minimum absolute atomic E-state index is 0.0240. The van der Waals surface area contributed by atoms with Gasteiger partial charge in [0.15, 0.2) is 5.13 Å². The Morgan fingerprint density at radius 3 is 3.09 bits per heavy atom. The third-order valence-electron chi connectivity index (χ3n) is 4.23. The Hall–Kier alpha value is -2.25. The van der Waals surface area contributed by atoms with Crippen LogP contribution in [-0.4, -0.2) is 37.9 Å². The molecule has 0 aliphatic carbocycles. The fourth-order valence-electron chi connectivity index (χ4n) is 2.82. The molecule has 2 aromatic heterocycles. The Balaban J connectivity index is 1.46. The molecule has 23 heavy (non-hydrogen) atoms. The van der Waals surface area contributed by atoms with Gasteiger partial charge in [-0.05, 0) is 19.1 Å². The number of benzene rings is 1. The predicted octanol–water partition coefficient (Wildman–Crippen LogP) is 2.34. The molecule has 0 fully saturated rings.